The van der Waals surface area contributed by atoms with Gasteiger partial charge in [-0.1, -0.05) is 0 Å². The molecule has 0 aliphatic rings. The maximum atomic E-state index is 12.3. The molecule has 146 valence electrons. The van der Waals surface area contributed by atoms with E-state index in [2.05, 4.69) is 10.3 Å². The van der Waals surface area contributed by atoms with Crippen molar-refractivity contribution < 1.29 is 14.6 Å². The van der Waals surface area contributed by atoms with Crippen LogP contribution in [0.5, 0.6) is 5.75 Å². The zero-order chi connectivity index (χ0) is 20.2. The number of nitrogens with one attached hydrogen (secondary N) is 1. The van der Waals surface area contributed by atoms with Crippen LogP contribution < -0.4 is 15.8 Å². The number of nitrogen functional groups attached to an aromatic ring is 1. The van der Waals surface area contributed by atoms with Gasteiger partial charge in [-0.25, -0.2) is 4.98 Å². The molecule has 4 rings (SSSR count). The van der Waals surface area contributed by atoms with E-state index in [1.54, 1.807) is 35.6 Å². The Morgan fingerprint density at radius 3 is 2.55 bits per heavy atom. The number of nitrogens with two attached hydrogens (primary N) is 1. The number of hydrogen-bond acceptors (Lipinski definition) is 6. The average molecular weight is 405 g/mol. The molecule has 1 heterocycles. The van der Waals surface area contributed by atoms with Gasteiger partial charge < -0.3 is 20.9 Å². The fraction of sp³-hybridized carbons (Fsp3) is 0.0909. The SMILES string of the molecule is Nc1ccc(C(=O)Nc2ccc(-c3nc4ccc(OCCO)cc4s3)cc2)cc1. The van der Waals surface area contributed by atoms with Gasteiger partial charge in [0.05, 0.1) is 16.8 Å². The first-order chi connectivity index (χ1) is 14.1. The average Bonchev–Trinajstić information content (AvgIpc) is 3.16. The van der Waals surface area contributed by atoms with Crippen molar-refractivity contribution in [3.63, 3.8) is 0 Å². The topological polar surface area (TPSA) is 97.5 Å². The van der Waals surface area contributed by atoms with Gasteiger partial charge in [-0.15, -0.1) is 11.3 Å². The molecule has 0 atom stereocenters. The maximum absolute atomic E-state index is 12.3. The molecule has 0 aliphatic carbocycles. The highest BCUT2D eigenvalue weighted by molar-refractivity contribution is 7.21. The highest BCUT2D eigenvalue weighted by Crippen LogP contribution is 2.32. The van der Waals surface area contributed by atoms with Gasteiger partial charge in [-0.3, -0.25) is 4.79 Å². The van der Waals surface area contributed by atoms with Crippen LogP contribution in [-0.4, -0.2) is 29.2 Å². The van der Waals surface area contributed by atoms with E-state index in [0.29, 0.717) is 22.7 Å². The first-order valence-corrected chi connectivity index (χ1v) is 9.85. The fourth-order valence-electron chi connectivity index (χ4n) is 2.82. The smallest absolute Gasteiger partial charge is 0.255 e. The summed E-state index contributed by atoms with van der Waals surface area (Å²) >= 11 is 1.56. The molecule has 3 aromatic carbocycles. The lowest BCUT2D eigenvalue weighted by atomic mass is 10.1. The van der Waals surface area contributed by atoms with E-state index in [4.69, 9.17) is 15.6 Å². The molecule has 4 aromatic rings. The number of aromatic nitrogens is 1. The number of fused-ring (bicyclic) bond motifs is 1. The molecule has 7 heteroatoms. The Bertz CT molecular complexity index is 1140. The van der Waals surface area contributed by atoms with Crippen LogP contribution in [0.2, 0.25) is 0 Å². The lowest BCUT2D eigenvalue weighted by Crippen LogP contribution is -2.11. The summed E-state index contributed by atoms with van der Waals surface area (Å²) in [5.74, 6) is 0.524. The second-order valence-electron chi connectivity index (χ2n) is 6.37. The summed E-state index contributed by atoms with van der Waals surface area (Å²) in [7, 11) is 0. The minimum Gasteiger partial charge on any atom is -0.491 e. The Hall–Kier alpha value is -3.42. The van der Waals surface area contributed by atoms with Gasteiger partial charge in [-0.2, -0.15) is 0 Å². The number of thiazole rings is 1. The molecule has 0 bridgehead atoms. The molecule has 1 amide bonds. The predicted octanol–water partition coefficient (Wildman–Crippen LogP) is 4.17. The van der Waals surface area contributed by atoms with Gasteiger partial charge in [0.25, 0.3) is 5.91 Å². The van der Waals surface area contributed by atoms with Gasteiger partial charge in [0.2, 0.25) is 0 Å². The van der Waals surface area contributed by atoms with Crippen LogP contribution in [0.15, 0.2) is 66.7 Å². The summed E-state index contributed by atoms with van der Waals surface area (Å²) in [5, 5.41) is 12.6. The highest BCUT2D eigenvalue weighted by atomic mass is 32.1. The minimum absolute atomic E-state index is 0.0206. The molecule has 0 fully saturated rings. The number of carbonyl (C=O) groups excluding carboxylic acids is 1. The number of amides is 1. The van der Waals surface area contributed by atoms with E-state index in [9.17, 15) is 4.79 Å². The van der Waals surface area contributed by atoms with Crippen LogP contribution in [0.1, 0.15) is 10.4 Å². The number of rotatable bonds is 6. The zero-order valence-corrected chi connectivity index (χ0v) is 16.3. The molecule has 0 saturated heterocycles. The van der Waals surface area contributed by atoms with Gasteiger partial charge in [0, 0.05) is 22.5 Å². The van der Waals surface area contributed by atoms with E-state index < -0.39 is 0 Å². The molecule has 0 unspecified atom stereocenters. The third kappa shape index (κ3) is 4.37. The van der Waals surface area contributed by atoms with Crippen molar-refractivity contribution >= 4 is 38.8 Å². The Balaban J connectivity index is 1.49. The lowest BCUT2D eigenvalue weighted by Gasteiger charge is -2.06. The van der Waals surface area contributed by atoms with E-state index in [1.807, 2.05) is 42.5 Å². The van der Waals surface area contributed by atoms with Crippen LogP contribution >= 0.6 is 11.3 Å². The molecule has 1 aromatic heterocycles. The van der Waals surface area contributed by atoms with E-state index in [1.165, 1.54) is 0 Å². The van der Waals surface area contributed by atoms with Crippen molar-refractivity contribution in [1.29, 1.82) is 0 Å². The summed E-state index contributed by atoms with van der Waals surface area (Å²) in [5.41, 5.74) is 9.39. The summed E-state index contributed by atoms with van der Waals surface area (Å²) in [6.07, 6.45) is 0. The standard InChI is InChI=1S/C22H19N3O3S/c23-16-5-1-14(2-6-16)21(27)24-17-7-3-15(4-8-17)22-25-19-10-9-18(28-12-11-26)13-20(19)29-22/h1-10,13,26H,11-12,23H2,(H,24,27). The van der Waals surface area contributed by atoms with E-state index in [-0.39, 0.29) is 19.1 Å². The second-order valence-corrected chi connectivity index (χ2v) is 7.40. The van der Waals surface area contributed by atoms with Gasteiger partial charge >= 0.3 is 0 Å². The molecular weight excluding hydrogens is 386 g/mol. The van der Waals surface area contributed by atoms with Crippen molar-refractivity contribution in [3.8, 4) is 16.3 Å². The molecule has 6 nitrogen and oxygen atoms in total. The largest absolute Gasteiger partial charge is 0.491 e. The molecule has 0 spiro atoms. The monoisotopic (exact) mass is 405 g/mol. The number of hydrogen-bond donors (Lipinski definition) is 3. The number of benzene rings is 3. The van der Waals surface area contributed by atoms with Gasteiger partial charge in [0.1, 0.15) is 17.4 Å². The number of aliphatic hydroxyl groups excluding tert-OH is 1. The Morgan fingerprint density at radius 1 is 1.07 bits per heavy atom. The highest BCUT2D eigenvalue weighted by Gasteiger charge is 2.09. The third-order valence-electron chi connectivity index (χ3n) is 4.28. The van der Waals surface area contributed by atoms with Crippen molar-refractivity contribution in [2.24, 2.45) is 0 Å². The Morgan fingerprint density at radius 2 is 1.83 bits per heavy atom. The summed E-state index contributed by atoms with van der Waals surface area (Å²) < 4.78 is 6.47. The number of aliphatic hydroxyl groups is 1. The maximum Gasteiger partial charge on any atom is 0.255 e. The van der Waals surface area contributed by atoms with Crippen molar-refractivity contribution in [2.45, 2.75) is 0 Å². The van der Waals surface area contributed by atoms with Crippen LogP contribution in [0.4, 0.5) is 11.4 Å². The van der Waals surface area contributed by atoms with E-state index >= 15 is 0 Å². The van der Waals surface area contributed by atoms with Crippen LogP contribution in [0, 0.1) is 0 Å². The molecular formula is C22H19N3O3S. The fourth-order valence-corrected chi connectivity index (χ4v) is 3.82. The Kier molecular flexibility index (Phi) is 5.41. The van der Waals surface area contributed by atoms with Crippen LogP contribution in [0.25, 0.3) is 20.8 Å². The number of anilines is 2. The molecule has 0 aliphatic heterocycles. The van der Waals surface area contributed by atoms with Crippen LogP contribution in [-0.2, 0) is 0 Å². The second kappa shape index (κ2) is 8.30. The quantitative estimate of drug-likeness (QED) is 0.418. The lowest BCUT2D eigenvalue weighted by molar-refractivity contribution is 0.102. The molecule has 4 N–H and O–H groups in total. The van der Waals surface area contributed by atoms with Crippen molar-refractivity contribution in [1.82, 2.24) is 4.98 Å². The first-order valence-electron chi connectivity index (χ1n) is 9.04. The number of nitrogens with zero attached hydrogens (tertiary/aromatic N) is 1. The normalized spacial score (nSPS) is 10.8. The predicted molar refractivity (Wildman–Crippen MR) is 116 cm³/mol. The minimum atomic E-state index is -0.187. The summed E-state index contributed by atoms with van der Waals surface area (Å²) in [6, 6.07) is 20.0. The van der Waals surface area contributed by atoms with Crippen molar-refractivity contribution in [2.75, 3.05) is 24.3 Å². The summed E-state index contributed by atoms with van der Waals surface area (Å²) in [4.78, 5) is 17.0. The van der Waals surface area contributed by atoms with Crippen molar-refractivity contribution in [3.05, 3.63) is 72.3 Å². The number of ether oxygens (including phenoxy) is 1. The molecule has 0 radical (unpaired) electrons. The van der Waals surface area contributed by atoms with Crippen LogP contribution in [0.3, 0.4) is 0 Å². The summed E-state index contributed by atoms with van der Waals surface area (Å²) in [6.45, 7) is 0.244. The molecule has 0 saturated carbocycles. The van der Waals surface area contributed by atoms with Gasteiger partial charge in [0.15, 0.2) is 0 Å². The van der Waals surface area contributed by atoms with Gasteiger partial charge in [-0.05, 0) is 66.7 Å². The molecule has 29 heavy (non-hydrogen) atoms. The third-order valence-corrected chi connectivity index (χ3v) is 5.35. The number of carbonyl (C=O) groups is 1. The first kappa shape index (κ1) is 18.9. The van der Waals surface area contributed by atoms with E-state index in [0.717, 1.165) is 20.8 Å². The zero-order valence-electron chi connectivity index (χ0n) is 15.5. The Labute approximate surface area is 171 Å².